The van der Waals surface area contributed by atoms with E-state index in [1.165, 1.54) is 0 Å². The topological polar surface area (TPSA) is 55.8 Å². The SMILES string of the molecule is CCCCCC(CCCC)(C(=O)O)[SiH](OCC)OCC. The van der Waals surface area contributed by atoms with E-state index in [1.54, 1.807) is 0 Å². The Hall–Kier alpha value is -0.393. The van der Waals surface area contributed by atoms with Crippen LogP contribution < -0.4 is 0 Å². The molecule has 0 aromatic heterocycles. The van der Waals surface area contributed by atoms with Gasteiger partial charge in [-0.05, 0) is 26.7 Å². The fourth-order valence-electron chi connectivity index (χ4n) is 2.53. The molecule has 0 aromatic rings. The van der Waals surface area contributed by atoms with E-state index >= 15 is 0 Å². The molecular weight excluding hydrogens is 272 g/mol. The molecule has 0 bridgehead atoms. The highest BCUT2D eigenvalue weighted by atomic mass is 28.3. The second-order valence-electron chi connectivity index (χ2n) is 5.26. The van der Waals surface area contributed by atoms with Gasteiger partial charge in [-0.2, -0.15) is 0 Å². The van der Waals surface area contributed by atoms with E-state index in [9.17, 15) is 9.90 Å². The molecule has 1 atom stereocenters. The summed E-state index contributed by atoms with van der Waals surface area (Å²) in [4.78, 5) is 12.0. The molecule has 20 heavy (non-hydrogen) atoms. The third kappa shape index (κ3) is 5.93. The van der Waals surface area contributed by atoms with E-state index in [4.69, 9.17) is 8.85 Å². The Kier molecular flexibility index (Phi) is 11.1. The highest BCUT2D eigenvalue weighted by molar-refractivity contribution is 6.54. The lowest BCUT2D eigenvalue weighted by molar-refractivity contribution is -0.142. The Morgan fingerprint density at radius 2 is 1.45 bits per heavy atom. The van der Waals surface area contributed by atoms with Crippen molar-refractivity contribution < 1.29 is 18.8 Å². The summed E-state index contributed by atoms with van der Waals surface area (Å²) in [6, 6.07) is 0. The predicted octanol–water partition coefficient (Wildman–Crippen LogP) is 3.88. The van der Waals surface area contributed by atoms with Crippen LogP contribution in [0.1, 0.15) is 72.6 Å². The number of carboxylic acids is 1. The summed E-state index contributed by atoms with van der Waals surface area (Å²) in [5.41, 5.74) is 0. The molecule has 0 saturated heterocycles. The number of carbonyl (C=O) groups is 1. The zero-order chi connectivity index (χ0) is 15.4. The molecule has 1 unspecified atom stereocenters. The van der Waals surface area contributed by atoms with E-state index in [0.29, 0.717) is 26.1 Å². The van der Waals surface area contributed by atoms with Crippen LogP contribution in [-0.4, -0.2) is 33.6 Å². The van der Waals surface area contributed by atoms with Crippen molar-refractivity contribution in [1.82, 2.24) is 0 Å². The molecule has 0 aliphatic carbocycles. The second kappa shape index (κ2) is 11.3. The molecule has 0 spiro atoms. The first-order valence-electron chi connectivity index (χ1n) is 8.05. The molecule has 0 aliphatic rings. The van der Waals surface area contributed by atoms with Gasteiger partial charge < -0.3 is 14.0 Å². The van der Waals surface area contributed by atoms with Crippen LogP contribution in [0.3, 0.4) is 0 Å². The fourth-order valence-corrected chi connectivity index (χ4v) is 4.95. The monoisotopic (exact) mass is 304 g/mol. The van der Waals surface area contributed by atoms with Crippen LogP contribution in [0.2, 0.25) is 5.04 Å². The van der Waals surface area contributed by atoms with Gasteiger partial charge in [0.15, 0.2) is 0 Å². The Balaban J connectivity index is 5.13. The van der Waals surface area contributed by atoms with Gasteiger partial charge in [-0.1, -0.05) is 46.0 Å². The van der Waals surface area contributed by atoms with Crippen LogP contribution in [0.5, 0.6) is 0 Å². The summed E-state index contributed by atoms with van der Waals surface area (Å²) >= 11 is 0. The zero-order valence-electron chi connectivity index (χ0n) is 13.6. The molecular formula is C15H32O4Si. The molecule has 0 heterocycles. The van der Waals surface area contributed by atoms with Crippen molar-refractivity contribution in [2.24, 2.45) is 0 Å². The Morgan fingerprint density at radius 1 is 0.950 bits per heavy atom. The van der Waals surface area contributed by atoms with Crippen molar-refractivity contribution in [3.05, 3.63) is 0 Å². The summed E-state index contributed by atoms with van der Waals surface area (Å²) in [6.07, 6.45) is 6.40. The zero-order valence-corrected chi connectivity index (χ0v) is 14.8. The normalized spacial score (nSPS) is 14.4. The average molecular weight is 305 g/mol. The summed E-state index contributed by atoms with van der Waals surface area (Å²) in [5, 5.41) is 9.08. The van der Waals surface area contributed by atoms with Crippen molar-refractivity contribution in [2.75, 3.05) is 13.2 Å². The second-order valence-corrected chi connectivity index (χ2v) is 7.70. The number of rotatable bonds is 13. The van der Waals surface area contributed by atoms with Gasteiger partial charge in [0.25, 0.3) is 0 Å². The highest BCUT2D eigenvalue weighted by Gasteiger charge is 2.48. The van der Waals surface area contributed by atoms with E-state index in [0.717, 1.165) is 32.1 Å². The van der Waals surface area contributed by atoms with Gasteiger partial charge in [0.05, 0.1) is 0 Å². The summed E-state index contributed by atoms with van der Waals surface area (Å²) in [6.45, 7) is 9.12. The summed E-state index contributed by atoms with van der Waals surface area (Å²) < 4.78 is 11.5. The average Bonchev–Trinajstić information content (AvgIpc) is 2.42. The summed E-state index contributed by atoms with van der Waals surface area (Å²) in [5.74, 6) is -0.722. The van der Waals surface area contributed by atoms with Gasteiger partial charge in [-0.15, -0.1) is 0 Å². The molecule has 0 fully saturated rings. The Labute approximate surface area is 125 Å². The van der Waals surface area contributed by atoms with Crippen LogP contribution >= 0.6 is 0 Å². The van der Waals surface area contributed by atoms with E-state index < -0.39 is 20.3 Å². The van der Waals surface area contributed by atoms with Crippen molar-refractivity contribution >= 4 is 15.3 Å². The van der Waals surface area contributed by atoms with Crippen molar-refractivity contribution in [2.45, 2.75) is 77.7 Å². The minimum absolute atomic E-state index is 0.534. The van der Waals surface area contributed by atoms with Crippen molar-refractivity contribution in [3.63, 3.8) is 0 Å². The minimum atomic E-state index is -2.22. The predicted molar refractivity (Wildman–Crippen MR) is 84.4 cm³/mol. The largest absolute Gasteiger partial charge is 0.481 e. The maximum atomic E-state index is 12.0. The third-order valence-electron chi connectivity index (χ3n) is 3.72. The highest BCUT2D eigenvalue weighted by Crippen LogP contribution is 2.43. The van der Waals surface area contributed by atoms with E-state index in [-0.39, 0.29) is 0 Å². The standard InChI is InChI=1S/C15H32O4Si/c1-5-9-11-13-15(14(16)17,12-10-6-2)20(18-7-3)19-8-4/h20H,5-13H2,1-4H3,(H,16,17). The smallest absolute Gasteiger partial charge is 0.339 e. The lowest BCUT2D eigenvalue weighted by Gasteiger charge is -2.35. The van der Waals surface area contributed by atoms with Crippen molar-refractivity contribution in [1.29, 1.82) is 0 Å². The first kappa shape index (κ1) is 19.6. The number of hydrogen-bond acceptors (Lipinski definition) is 3. The minimum Gasteiger partial charge on any atom is -0.481 e. The van der Waals surface area contributed by atoms with Crippen LogP contribution in [0.15, 0.2) is 0 Å². The lowest BCUT2D eigenvalue weighted by atomic mass is 9.94. The first-order valence-corrected chi connectivity index (χ1v) is 9.57. The number of unbranched alkanes of at least 4 members (excludes halogenated alkanes) is 3. The van der Waals surface area contributed by atoms with Gasteiger partial charge in [0.1, 0.15) is 5.04 Å². The Morgan fingerprint density at radius 3 is 1.85 bits per heavy atom. The number of carboxylic acid groups (broad SMARTS) is 1. The molecule has 0 amide bonds. The van der Waals surface area contributed by atoms with Crippen LogP contribution in [-0.2, 0) is 13.6 Å². The maximum absolute atomic E-state index is 12.0. The van der Waals surface area contributed by atoms with E-state index in [1.807, 2.05) is 13.8 Å². The lowest BCUT2D eigenvalue weighted by Crippen LogP contribution is -2.44. The molecule has 1 N–H and O–H groups in total. The Bertz CT molecular complexity index is 254. The molecule has 4 nitrogen and oxygen atoms in total. The first-order chi connectivity index (χ1) is 9.58. The van der Waals surface area contributed by atoms with Gasteiger partial charge in [-0.3, -0.25) is 4.79 Å². The van der Waals surface area contributed by atoms with E-state index in [2.05, 4.69) is 13.8 Å². The van der Waals surface area contributed by atoms with Crippen LogP contribution in [0.4, 0.5) is 0 Å². The molecule has 0 rings (SSSR count). The van der Waals surface area contributed by atoms with Gasteiger partial charge in [-0.25, -0.2) is 0 Å². The van der Waals surface area contributed by atoms with Gasteiger partial charge in [0.2, 0.25) is 0 Å². The number of hydrogen-bond donors (Lipinski definition) is 1. The molecule has 120 valence electrons. The number of aliphatic carboxylic acids is 1. The molecule has 0 saturated carbocycles. The quantitative estimate of drug-likeness (QED) is 0.414. The maximum Gasteiger partial charge on any atom is 0.339 e. The van der Waals surface area contributed by atoms with Crippen molar-refractivity contribution in [3.8, 4) is 0 Å². The molecule has 0 aromatic carbocycles. The van der Waals surface area contributed by atoms with Crippen LogP contribution in [0, 0.1) is 0 Å². The van der Waals surface area contributed by atoms with Crippen LogP contribution in [0.25, 0.3) is 0 Å². The third-order valence-corrected chi connectivity index (χ3v) is 6.71. The molecule has 5 heteroatoms. The van der Waals surface area contributed by atoms with Gasteiger partial charge >= 0.3 is 15.3 Å². The fraction of sp³-hybridized carbons (Fsp3) is 0.933. The molecule has 0 aliphatic heterocycles. The molecule has 0 radical (unpaired) electrons. The summed E-state index contributed by atoms with van der Waals surface area (Å²) in [7, 11) is -2.22. The van der Waals surface area contributed by atoms with Gasteiger partial charge in [0, 0.05) is 13.2 Å².